The molecule has 0 atom stereocenters. The SMILES string of the molecule is CNc1cc(S(=O)(=O)NCCNS(C)(=O)=O)ccn1. The standard InChI is InChI=1S/C9H16N4O4S2/c1-10-9-7-8(3-4-11-9)19(16,17)13-6-5-12-18(2,14)15/h3-4,7,12-13H,5-6H2,1-2H3,(H,10,11). The van der Waals surface area contributed by atoms with E-state index in [1.54, 1.807) is 7.05 Å². The van der Waals surface area contributed by atoms with Crippen molar-refractivity contribution >= 4 is 25.9 Å². The molecule has 0 amide bonds. The van der Waals surface area contributed by atoms with E-state index in [2.05, 4.69) is 19.7 Å². The number of aromatic nitrogens is 1. The summed E-state index contributed by atoms with van der Waals surface area (Å²) in [6.45, 7) is -0.0470. The van der Waals surface area contributed by atoms with Crippen LogP contribution in [-0.4, -0.2) is 48.2 Å². The van der Waals surface area contributed by atoms with Crippen LogP contribution in [0.4, 0.5) is 5.82 Å². The summed E-state index contributed by atoms with van der Waals surface area (Å²) < 4.78 is 49.8. The zero-order valence-corrected chi connectivity index (χ0v) is 12.2. The maximum Gasteiger partial charge on any atom is 0.240 e. The van der Waals surface area contributed by atoms with Crippen LogP contribution in [0.5, 0.6) is 0 Å². The molecule has 0 aromatic carbocycles. The van der Waals surface area contributed by atoms with Crippen LogP contribution in [0.25, 0.3) is 0 Å². The monoisotopic (exact) mass is 308 g/mol. The molecule has 10 heteroatoms. The molecule has 0 saturated heterocycles. The predicted octanol–water partition coefficient (Wildman–Crippen LogP) is -1.05. The number of hydrogen-bond acceptors (Lipinski definition) is 6. The van der Waals surface area contributed by atoms with Gasteiger partial charge in [0.25, 0.3) is 0 Å². The smallest absolute Gasteiger partial charge is 0.240 e. The van der Waals surface area contributed by atoms with E-state index in [-0.39, 0.29) is 18.0 Å². The van der Waals surface area contributed by atoms with Crippen LogP contribution in [0.15, 0.2) is 23.2 Å². The van der Waals surface area contributed by atoms with Crippen molar-refractivity contribution in [2.75, 3.05) is 31.7 Å². The molecule has 0 fully saturated rings. The molecule has 0 aliphatic rings. The Balaban J connectivity index is 2.65. The van der Waals surface area contributed by atoms with E-state index < -0.39 is 20.0 Å². The topological polar surface area (TPSA) is 117 Å². The number of pyridine rings is 1. The van der Waals surface area contributed by atoms with Crippen molar-refractivity contribution in [2.45, 2.75) is 4.90 Å². The van der Waals surface area contributed by atoms with Crippen molar-refractivity contribution < 1.29 is 16.8 Å². The number of anilines is 1. The summed E-state index contributed by atoms with van der Waals surface area (Å²) in [6.07, 6.45) is 2.37. The van der Waals surface area contributed by atoms with E-state index in [0.717, 1.165) is 6.26 Å². The zero-order chi connectivity index (χ0) is 14.5. The largest absolute Gasteiger partial charge is 0.373 e. The Morgan fingerprint density at radius 1 is 1.16 bits per heavy atom. The summed E-state index contributed by atoms with van der Waals surface area (Å²) in [6, 6.07) is 2.74. The predicted molar refractivity (Wildman–Crippen MR) is 71.8 cm³/mol. The van der Waals surface area contributed by atoms with Crippen LogP contribution < -0.4 is 14.8 Å². The molecule has 1 aromatic rings. The van der Waals surface area contributed by atoms with Gasteiger partial charge in [-0.05, 0) is 6.07 Å². The van der Waals surface area contributed by atoms with Gasteiger partial charge in [0.1, 0.15) is 5.82 Å². The summed E-state index contributed by atoms with van der Waals surface area (Å²) in [7, 11) is -5.37. The van der Waals surface area contributed by atoms with Gasteiger partial charge in [0.2, 0.25) is 20.0 Å². The van der Waals surface area contributed by atoms with Crippen molar-refractivity contribution in [3.05, 3.63) is 18.3 Å². The second-order valence-corrected chi connectivity index (χ2v) is 7.29. The van der Waals surface area contributed by atoms with Gasteiger partial charge in [0, 0.05) is 32.4 Å². The summed E-state index contributed by atoms with van der Waals surface area (Å²) in [4.78, 5) is 3.97. The molecule has 1 rings (SSSR count). The quantitative estimate of drug-likeness (QED) is 0.553. The Morgan fingerprint density at radius 3 is 2.37 bits per heavy atom. The maximum atomic E-state index is 11.9. The fourth-order valence-corrected chi connectivity index (χ4v) is 2.74. The van der Waals surface area contributed by atoms with Crippen LogP contribution in [0, 0.1) is 0 Å². The first-order valence-electron chi connectivity index (χ1n) is 5.33. The summed E-state index contributed by atoms with van der Waals surface area (Å²) in [5.41, 5.74) is 0. The fraction of sp³-hybridized carbons (Fsp3) is 0.444. The highest BCUT2D eigenvalue weighted by Crippen LogP contribution is 2.11. The van der Waals surface area contributed by atoms with E-state index in [9.17, 15) is 16.8 Å². The van der Waals surface area contributed by atoms with Gasteiger partial charge >= 0.3 is 0 Å². The minimum Gasteiger partial charge on any atom is -0.373 e. The highest BCUT2D eigenvalue weighted by molar-refractivity contribution is 7.89. The molecule has 108 valence electrons. The minimum atomic E-state index is -3.68. The van der Waals surface area contributed by atoms with Crippen LogP contribution in [0.3, 0.4) is 0 Å². The molecule has 0 aliphatic heterocycles. The van der Waals surface area contributed by atoms with Gasteiger partial charge in [-0.2, -0.15) is 0 Å². The summed E-state index contributed by atoms with van der Waals surface area (Å²) in [5.74, 6) is 0.428. The van der Waals surface area contributed by atoms with Crippen molar-refractivity contribution in [3.8, 4) is 0 Å². The number of nitrogens with zero attached hydrogens (tertiary/aromatic N) is 1. The van der Waals surface area contributed by atoms with Crippen LogP contribution in [0.1, 0.15) is 0 Å². The molecular weight excluding hydrogens is 292 g/mol. The molecule has 0 aliphatic carbocycles. The Labute approximate surface area is 112 Å². The fourth-order valence-electron chi connectivity index (χ4n) is 1.22. The molecule has 1 aromatic heterocycles. The lowest BCUT2D eigenvalue weighted by Crippen LogP contribution is -2.34. The second-order valence-electron chi connectivity index (χ2n) is 3.69. The third-order valence-electron chi connectivity index (χ3n) is 2.08. The minimum absolute atomic E-state index is 0.0119. The van der Waals surface area contributed by atoms with E-state index in [0.29, 0.717) is 5.82 Å². The normalized spacial score (nSPS) is 12.3. The van der Waals surface area contributed by atoms with Gasteiger partial charge < -0.3 is 5.32 Å². The number of nitrogens with one attached hydrogen (secondary N) is 3. The van der Waals surface area contributed by atoms with Crippen molar-refractivity contribution in [3.63, 3.8) is 0 Å². The molecular formula is C9H16N4O4S2. The first-order valence-corrected chi connectivity index (χ1v) is 8.70. The van der Waals surface area contributed by atoms with Gasteiger partial charge in [0.15, 0.2) is 0 Å². The van der Waals surface area contributed by atoms with E-state index in [4.69, 9.17) is 0 Å². The van der Waals surface area contributed by atoms with Crippen molar-refractivity contribution in [1.82, 2.24) is 14.4 Å². The Bertz CT molecular complexity index is 627. The molecule has 3 N–H and O–H groups in total. The average molecular weight is 308 g/mol. The number of rotatable bonds is 7. The van der Waals surface area contributed by atoms with Crippen molar-refractivity contribution in [2.24, 2.45) is 0 Å². The molecule has 8 nitrogen and oxygen atoms in total. The molecule has 0 unspecified atom stereocenters. The average Bonchev–Trinajstić information content (AvgIpc) is 2.34. The van der Waals surface area contributed by atoms with E-state index >= 15 is 0 Å². The maximum absolute atomic E-state index is 11.9. The lowest BCUT2D eigenvalue weighted by molar-refractivity contribution is 0.573. The van der Waals surface area contributed by atoms with Crippen molar-refractivity contribution in [1.29, 1.82) is 0 Å². The number of hydrogen-bond donors (Lipinski definition) is 3. The molecule has 19 heavy (non-hydrogen) atoms. The van der Waals surface area contributed by atoms with Crippen LogP contribution >= 0.6 is 0 Å². The number of sulfonamides is 2. The van der Waals surface area contributed by atoms with Crippen LogP contribution in [-0.2, 0) is 20.0 Å². The van der Waals surface area contributed by atoms with Gasteiger partial charge in [-0.15, -0.1) is 0 Å². The lowest BCUT2D eigenvalue weighted by Gasteiger charge is -2.08. The highest BCUT2D eigenvalue weighted by Gasteiger charge is 2.14. The molecule has 0 spiro atoms. The second kappa shape index (κ2) is 6.28. The third kappa shape index (κ3) is 5.51. The van der Waals surface area contributed by atoms with E-state index in [1.165, 1.54) is 18.3 Å². The highest BCUT2D eigenvalue weighted by atomic mass is 32.2. The van der Waals surface area contributed by atoms with Gasteiger partial charge in [0.05, 0.1) is 11.2 Å². The summed E-state index contributed by atoms with van der Waals surface area (Å²) in [5, 5.41) is 2.73. The summed E-state index contributed by atoms with van der Waals surface area (Å²) >= 11 is 0. The zero-order valence-electron chi connectivity index (χ0n) is 10.5. The Hall–Kier alpha value is -1.23. The first kappa shape index (κ1) is 15.8. The third-order valence-corrected chi connectivity index (χ3v) is 4.27. The first-order chi connectivity index (χ1) is 8.74. The van der Waals surface area contributed by atoms with E-state index in [1.807, 2.05) is 0 Å². The molecule has 0 bridgehead atoms. The van der Waals surface area contributed by atoms with Gasteiger partial charge in [-0.3, -0.25) is 0 Å². The Kier molecular flexibility index (Phi) is 5.23. The van der Waals surface area contributed by atoms with Crippen LogP contribution in [0.2, 0.25) is 0 Å². The molecule has 0 saturated carbocycles. The molecule has 0 radical (unpaired) electrons. The lowest BCUT2D eigenvalue weighted by atomic mass is 10.5. The van der Waals surface area contributed by atoms with Gasteiger partial charge in [-0.1, -0.05) is 0 Å². The Morgan fingerprint density at radius 2 is 1.79 bits per heavy atom. The molecule has 1 heterocycles. The van der Waals surface area contributed by atoms with Gasteiger partial charge in [-0.25, -0.2) is 31.3 Å².